The third kappa shape index (κ3) is 4.87. The smallest absolute Gasteiger partial charge is 0.411 e. The number of methoxy groups -OCH3 is 4. The molecule has 6 aliphatic heterocycles. The molecule has 0 radical (unpaired) electrons. The number of esters is 1. The number of carbonyl (C=O) groups excluding carboxylic acids is 4. The summed E-state index contributed by atoms with van der Waals surface area (Å²) in [5.41, 5.74) is -2.42. The van der Waals surface area contributed by atoms with Gasteiger partial charge in [0.05, 0.1) is 61.3 Å². The van der Waals surface area contributed by atoms with Gasteiger partial charge in [0.25, 0.3) is 0 Å². The Morgan fingerprint density at radius 3 is 1.40 bits per heavy atom. The third-order valence-electron chi connectivity index (χ3n) is 11.9. The van der Waals surface area contributed by atoms with Crippen LogP contribution in [0.15, 0.2) is 0 Å². The molecule has 0 unspecified atom stereocenters. The molecule has 252 valence electrons. The van der Waals surface area contributed by atoms with Gasteiger partial charge >= 0.3 is 12.1 Å². The van der Waals surface area contributed by atoms with E-state index in [4.69, 9.17) is 23.7 Å². The Morgan fingerprint density at radius 2 is 1.00 bits per heavy atom. The second-order valence-corrected chi connectivity index (χ2v) is 15.5. The highest BCUT2D eigenvalue weighted by atomic mass is 16.6. The van der Waals surface area contributed by atoms with E-state index >= 15 is 0 Å². The van der Waals surface area contributed by atoms with E-state index < -0.39 is 40.1 Å². The molecule has 6 bridgehead atoms. The van der Waals surface area contributed by atoms with Gasteiger partial charge in [0.1, 0.15) is 5.60 Å². The molecule has 0 aromatic carbocycles. The van der Waals surface area contributed by atoms with Gasteiger partial charge in [-0.3, -0.25) is 19.3 Å². The van der Waals surface area contributed by atoms with Crippen LogP contribution in [0.5, 0.6) is 0 Å². The lowest BCUT2D eigenvalue weighted by Crippen LogP contribution is -2.53. The van der Waals surface area contributed by atoms with Crippen molar-refractivity contribution in [3.8, 4) is 0 Å². The fraction of sp³-hybridized carbons (Fsp3) is 0.879. The monoisotopic (exact) mass is 633 g/mol. The molecule has 6 rings (SSSR count). The molecule has 0 spiro atoms. The molecule has 0 aromatic rings. The van der Waals surface area contributed by atoms with E-state index in [0.717, 1.165) is 25.7 Å². The number of fused-ring (bicyclic) bond motifs is 6. The number of ether oxygens (including phenoxy) is 5. The molecule has 3 amide bonds. The molecule has 12 heteroatoms. The van der Waals surface area contributed by atoms with Crippen molar-refractivity contribution >= 4 is 23.9 Å². The van der Waals surface area contributed by atoms with Crippen LogP contribution in [0.2, 0.25) is 0 Å². The zero-order chi connectivity index (χ0) is 32.5. The molecule has 0 N–H and O–H groups in total. The molecule has 9 atom stereocenters. The predicted octanol–water partition coefficient (Wildman–Crippen LogP) is 2.76. The summed E-state index contributed by atoms with van der Waals surface area (Å²) in [6, 6.07) is -0.802. The maximum absolute atomic E-state index is 14.8. The molecular formula is C33H51N3O9. The highest BCUT2D eigenvalue weighted by Crippen LogP contribution is 2.58. The fourth-order valence-electron chi connectivity index (χ4n) is 10.5. The van der Waals surface area contributed by atoms with Gasteiger partial charge in [0, 0.05) is 39.5 Å². The average molecular weight is 634 g/mol. The van der Waals surface area contributed by atoms with E-state index in [-0.39, 0.29) is 41.8 Å². The standard InChI is InChI=1S/C33H51N3O9/c1-30(2,3)45-29(40)36-24-9-13-33(36,19-43-6)15-21(24)27(38)34-23-8-11-31(34,17-41-4)14-20(23)26(37)35-25-10-12-32(35,18-42-5)16-22(25)28(39)44-7/h20-25H,8-19H2,1-7H3/t20-,21-,22-,23-,24-,25-,31+,32+,33+/m1/s1. The van der Waals surface area contributed by atoms with Gasteiger partial charge in [-0.1, -0.05) is 0 Å². The Bertz CT molecular complexity index is 1220. The summed E-state index contributed by atoms with van der Waals surface area (Å²) in [5, 5.41) is 0. The Hall–Kier alpha value is -2.44. The van der Waals surface area contributed by atoms with Crippen molar-refractivity contribution in [2.45, 2.75) is 119 Å². The minimum absolute atomic E-state index is 0.000563. The first-order valence-electron chi connectivity index (χ1n) is 16.5. The predicted molar refractivity (Wildman–Crippen MR) is 161 cm³/mol. The maximum Gasteiger partial charge on any atom is 0.411 e. The number of rotatable bonds is 9. The summed E-state index contributed by atoms with van der Waals surface area (Å²) in [7, 11) is 6.30. The highest BCUT2D eigenvalue weighted by Gasteiger charge is 2.69. The first-order chi connectivity index (χ1) is 21.3. The molecule has 0 aliphatic carbocycles. The van der Waals surface area contributed by atoms with Crippen LogP contribution in [-0.2, 0) is 38.1 Å². The SMILES string of the molecule is COC[C@]12CC[C@H]([C@H](C(=O)N3[C@@H]4CC[C@@]3(COC)C[C@H]4C(=O)N3[C@@H]4CC[C@@]3(COC)C[C@H]4C(=O)OC)C1)N2C(=O)OC(C)(C)C. The van der Waals surface area contributed by atoms with Gasteiger partial charge < -0.3 is 33.5 Å². The van der Waals surface area contributed by atoms with Gasteiger partial charge in [-0.25, -0.2) is 4.79 Å². The van der Waals surface area contributed by atoms with Crippen LogP contribution in [0.4, 0.5) is 4.79 Å². The maximum atomic E-state index is 14.8. The lowest BCUT2D eigenvalue weighted by atomic mass is 9.79. The van der Waals surface area contributed by atoms with E-state index in [1.807, 2.05) is 30.6 Å². The van der Waals surface area contributed by atoms with Gasteiger partial charge in [-0.15, -0.1) is 0 Å². The second-order valence-electron chi connectivity index (χ2n) is 15.5. The van der Waals surface area contributed by atoms with Crippen molar-refractivity contribution < 1.29 is 42.9 Å². The molecule has 0 saturated carbocycles. The first kappa shape index (κ1) is 32.5. The van der Waals surface area contributed by atoms with Crippen molar-refractivity contribution in [3.63, 3.8) is 0 Å². The Kier molecular flexibility index (Phi) is 8.21. The molecule has 6 saturated heterocycles. The molecular weight excluding hydrogens is 582 g/mol. The zero-order valence-electron chi connectivity index (χ0n) is 28.0. The van der Waals surface area contributed by atoms with Crippen LogP contribution in [0.25, 0.3) is 0 Å². The minimum Gasteiger partial charge on any atom is -0.469 e. The van der Waals surface area contributed by atoms with E-state index in [0.29, 0.717) is 51.9 Å². The van der Waals surface area contributed by atoms with Crippen molar-refractivity contribution in [1.29, 1.82) is 0 Å². The first-order valence-corrected chi connectivity index (χ1v) is 16.5. The van der Waals surface area contributed by atoms with E-state index in [1.165, 1.54) is 7.11 Å². The average Bonchev–Trinajstić information content (AvgIpc) is 3.81. The quantitative estimate of drug-likeness (QED) is 0.353. The summed E-state index contributed by atoms with van der Waals surface area (Å²) in [5.74, 6) is -1.49. The topological polar surface area (TPSA) is 124 Å². The van der Waals surface area contributed by atoms with Crippen LogP contribution in [0.3, 0.4) is 0 Å². The normalized spacial score (nSPS) is 39.7. The number of hydrogen-bond acceptors (Lipinski definition) is 9. The Labute approximate surface area is 266 Å². The van der Waals surface area contributed by atoms with Crippen molar-refractivity contribution in [1.82, 2.24) is 14.7 Å². The van der Waals surface area contributed by atoms with Gasteiger partial charge in [0.2, 0.25) is 11.8 Å². The van der Waals surface area contributed by atoms with Crippen LogP contribution < -0.4 is 0 Å². The Balaban J connectivity index is 1.29. The van der Waals surface area contributed by atoms with Gasteiger partial charge in [0.15, 0.2) is 0 Å². The van der Waals surface area contributed by atoms with Crippen LogP contribution in [0, 0.1) is 17.8 Å². The summed E-state index contributed by atoms with van der Waals surface area (Å²) in [6.07, 6.45) is 5.55. The van der Waals surface area contributed by atoms with E-state index in [9.17, 15) is 19.2 Å². The van der Waals surface area contributed by atoms with Crippen LogP contribution in [0.1, 0.15) is 78.6 Å². The molecule has 6 heterocycles. The summed E-state index contributed by atoms with van der Waals surface area (Å²) in [4.78, 5) is 61.5. The lowest BCUT2D eigenvalue weighted by Gasteiger charge is -2.37. The second kappa shape index (κ2) is 11.4. The van der Waals surface area contributed by atoms with Gasteiger partial charge in [-0.05, 0) is 78.6 Å². The third-order valence-corrected chi connectivity index (χ3v) is 11.9. The van der Waals surface area contributed by atoms with E-state index in [2.05, 4.69) is 0 Å². The minimum atomic E-state index is -0.668. The van der Waals surface area contributed by atoms with Crippen molar-refractivity contribution in [2.75, 3.05) is 48.3 Å². The molecule has 0 aromatic heterocycles. The lowest BCUT2D eigenvalue weighted by molar-refractivity contribution is -0.147. The summed E-state index contributed by atoms with van der Waals surface area (Å²) < 4.78 is 28.0. The van der Waals surface area contributed by atoms with Crippen LogP contribution in [-0.4, -0.2) is 127 Å². The highest BCUT2D eigenvalue weighted by molar-refractivity contribution is 5.89. The summed E-state index contributed by atoms with van der Waals surface area (Å²) in [6.45, 7) is 6.57. The number of hydrogen-bond donors (Lipinski definition) is 0. The van der Waals surface area contributed by atoms with Gasteiger partial charge in [-0.2, -0.15) is 0 Å². The number of amides is 3. The molecule has 45 heavy (non-hydrogen) atoms. The van der Waals surface area contributed by atoms with Crippen molar-refractivity contribution in [3.05, 3.63) is 0 Å². The van der Waals surface area contributed by atoms with Crippen LogP contribution >= 0.6 is 0 Å². The Morgan fingerprint density at radius 1 is 0.622 bits per heavy atom. The van der Waals surface area contributed by atoms with E-state index in [1.54, 1.807) is 26.2 Å². The zero-order valence-corrected chi connectivity index (χ0v) is 28.0. The van der Waals surface area contributed by atoms with Crippen molar-refractivity contribution in [2.24, 2.45) is 17.8 Å². The summed E-state index contributed by atoms with van der Waals surface area (Å²) >= 11 is 0. The number of nitrogens with zero attached hydrogens (tertiary/aromatic N) is 3. The largest absolute Gasteiger partial charge is 0.469 e. The molecule has 6 aliphatic rings. The molecule has 12 nitrogen and oxygen atoms in total. The fourth-order valence-corrected chi connectivity index (χ4v) is 10.5. The molecule has 6 fully saturated rings. The number of carbonyl (C=O) groups is 4.